The molecule has 0 aromatic heterocycles. The van der Waals surface area contributed by atoms with Crippen LogP contribution < -0.4 is 5.73 Å². The molecule has 6 heteroatoms. The van der Waals surface area contributed by atoms with Gasteiger partial charge < -0.3 is 20.5 Å². The molecule has 0 spiro atoms. The van der Waals surface area contributed by atoms with Crippen molar-refractivity contribution in [2.24, 2.45) is 5.73 Å². The lowest BCUT2D eigenvalue weighted by Gasteiger charge is -2.32. The molecule has 1 aliphatic heterocycles. The van der Waals surface area contributed by atoms with Crippen LogP contribution >= 0.6 is 0 Å². The summed E-state index contributed by atoms with van der Waals surface area (Å²) in [5.74, 6) is -0.803. The molecule has 0 aliphatic carbocycles. The van der Waals surface area contributed by atoms with E-state index in [2.05, 4.69) is 0 Å². The van der Waals surface area contributed by atoms with Crippen molar-refractivity contribution < 1.29 is 19.4 Å². The third kappa shape index (κ3) is 5.46. The molecule has 1 aliphatic rings. The third-order valence-electron chi connectivity index (χ3n) is 2.99. The number of carbonyl (C=O) groups is 2. The maximum absolute atomic E-state index is 11.9. The summed E-state index contributed by atoms with van der Waals surface area (Å²) >= 11 is 0. The Hall–Kier alpha value is -1.14. The zero-order chi connectivity index (χ0) is 13.4. The van der Waals surface area contributed by atoms with Gasteiger partial charge in [0.15, 0.2) is 0 Å². The Labute approximate surface area is 107 Å². The maximum Gasteiger partial charge on any atom is 0.306 e. The minimum Gasteiger partial charge on any atom is -0.481 e. The molecule has 0 aromatic carbocycles. The van der Waals surface area contributed by atoms with Crippen molar-refractivity contribution in [3.8, 4) is 0 Å². The number of ether oxygens (including phenoxy) is 1. The van der Waals surface area contributed by atoms with Gasteiger partial charge in [0.1, 0.15) is 0 Å². The van der Waals surface area contributed by atoms with Crippen molar-refractivity contribution in [3.63, 3.8) is 0 Å². The molecule has 0 bridgehead atoms. The number of carbonyl (C=O) groups excluding carboxylic acids is 1. The maximum atomic E-state index is 11.9. The standard InChI is InChI=1S/C12H22N2O4/c13-5-3-1-2-4-11(15)14-6-7-18-10(9-14)8-12(16)17/h10H,1-9,13H2,(H,16,17). The molecular formula is C12H22N2O4. The summed E-state index contributed by atoms with van der Waals surface area (Å²) in [6, 6.07) is 0. The number of carboxylic acid groups (broad SMARTS) is 1. The van der Waals surface area contributed by atoms with Crippen molar-refractivity contribution in [2.75, 3.05) is 26.2 Å². The van der Waals surface area contributed by atoms with Gasteiger partial charge >= 0.3 is 5.97 Å². The van der Waals surface area contributed by atoms with E-state index < -0.39 is 5.97 Å². The van der Waals surface area contributed by atoms with Crippen LogP contribution in [0, 0.1) is 0 Å². The first-order valence-electron chi connectivity index (χ1n) is 6.44. The molecule has 1 saturated heterocycles. The van der Waals surface area contributed by atoms with Gasteiger partial charge in [-0.15, -0.1) is 0 Å². The summed E-state index contributed by atoms with van der Waals surface area (Å²) in [5, 5.41) is 8.70. The summed E-state index contributed by atoms with van der Waals surface area (Å²) in [5.41, 5.74) is 5.39. The van der Waals surface area contributed by atoms with Crippen molar-refractivity contribution in [2.45, 2.75) is 38.2 Å². The van der Waals surface area contributed by atoms with Crippen LogP contribution in [0.25, 0.3) is 0 Å². The van der Waals surface area contributed by atoms with Gasteiger partial charge in [-0.1, -0.05) is 6.42 Å². The number of hydrogen-bond acceptors (Lipinski definition) is 4. The Kier molecular flexibility index (Phi) is 6.67. The minimum atomic E-state index is -0.891. The van der Waals surface area contributed by atoms with E-state index in [1.165, 1.54) is 0 Å². The van der Waals surface area contributed by atoms with Gasteiger partial charge in [-0.25, -0.2) is 0 Å². The van der Waals surface area contributed by atoms with Crippen LogP contribution in [-0.2, 0) is 14.3 Å². The molecule has 1 atom stereocenters. The number of hydrogen-bond donors (Lipinski definition) is 2. The van der Waals surface area contributed by atoms with Crippen LogP contribution in [0.3, 0.4) is 0 Å². The SMILES string of the molecule is NCCCCCC(=O)N1CCOC(CC(=O)O)C1. The second kappa shape index (κ2) is 8.05. The van der Waals surface area contributed by atoms with Crippen LogP contribution in [0.2, 0.25) is 0 Å². The Morgan fingerprint density at radius 3 is 2.78 bits per heavy atom. The molecule has 104 valence electrons. The number of rotatable bonds is 7. The molecule has 1 fully saturated rings. The van der Waals surface area contributed by atoms with Gasteiger partial charge in [0.25, 0.3) is 0 Å². The van der Waals surface area contributed by atoms with Crippen molar-refractivity contribution >= 4 is 11.9 Å². The van der Waals surface area contributed by atoms with Crippen molar-refractivity contribution in [1.29, 1.82) is 0 Å². The largest absolute Gasteiger partial charge is 0.481 e. The van der Waals surface area contributed by atoms with Crippen LogP contribution in [-0.4, -0.2) is 54.2 Å². The average Bonchev–Trinajstić information content (AvgIpc) is 2.34. The summed E-state index contributed by atoms with van der Waals surface area (Å²) in [6.45, 7) is 2.03. The van der Waals surface area contributed by atoms with Gasteiger partial charge in [0.05, 0.1) is 19.1 Å². The Bertz CT molecular complexity index is 283. The van der Waals surface area contributed by atoms with Crippen molar-refractivity contribution in [3.05, 3.63) is 0 Å². The fourth-order valence-electron chi connectivity index (χ4n) is 2.02. The molecule has 6 nitrogen and oxygen atoms in total. The van der Waals surface area contributed by atoms with Gasteiger partial charge in [0.2, 0.25) is 5.91 Å². The quantitative estimate of drug-likeness (QED) is 0.637. The first-order valence-corrected chi connectivity index (χ1v) is 6.44. The number of carboxylic acids is 1. The average molecular weight is 258 g/mol. The van der Waals surface area contributed by atoms with Crippen molar-refractivity contribution in [1.82, 2.24) is 4.90 Å². The molecule has 0 radical (unpaired) electrons. The van der Waals surface area contributed by atoms with E-state index >= 15 is 0 Å². The Balaban J connectivity index is 2.27. The Morgan fingerprint density at radius 1 is 1.33 bits per heavy atom. The molecule has 3 N–H and O–H groups in total. The first kappa shape index (κ1) is 14.9. The molecular weight excluding hydrogens is 236 g/mol. The molecule has 1 rings (SSSR count). The van der Waals surface area contributed by atoms with Gasteiger partial charge in [-0.2, -0.15) is 0 Å². The lowest BCUT2D eigenvalue weighted by molar-refractivity contribution is -0.147. The zero-order valence-corrected chi connectivity index (χ0v) is 10.6. The van der Waals surface area contributed by atoms with Crippen LogP contribution in [0.5, 0.6) is 0 Å². The number of amides is 1. The molecule has 0 aromatic rings. The van der Waals surface area contributed by atoms with Gasteiger partial charge in [0, 0.05) is 19.5 Å². The number of aliphatic carboxylic acids is 1. The van der Waals surface area contributed by atoms with E-state index in [9.17, 15) is 9.59 Å². The number of unbranched alkanes of at least 4 members (excludes halogenated alkanes) is 2. The predicted molar refractivity (Wildman–Crippen MR) is 66.1 cm³/mol. The van der Waals surface area contributed by atoms with E-state index in [1.54, 1.807) is 4.90 Å². The molecule has 1 unspecified atom stereocenters. The first-order chi connectivity index (χ1) is 8.63. The normalized spacial score (nSPS) is 19.8. The predicted octanol–water partition coefficient (Wildman–Crippen LogP) is 0.208. The molecule has 1 heterocycles. The highest BCUT2D eigenvalue weighted by Gasteiger charge is 2.25. The second-order valence-corrected chi connectivity index (χ2v) is 4.53. The smallest absolute Gasteiger partial charge is 0.306 e. The van der Waals surface area contributed by atoms with Gasteiger partial charge in [-0.3, -0.25) is 9.59 Å². The van der Waals surface area contributed by atoms with Crippen LogP contribution in [0.15, 0.2) is 0 Å². The summed E-state index contributed by atoms with van der Waals surface area (Å²) < 4.78 is 5.32. The molecule has 1 amide bonds. The minimum absolute atomic E-state index is 0.0447. The lowest BCUT2D eigenvalue weighted by Crippen LogP contribution is -2.46. The van der Waals surface area contributed by atoms with Crippen LogP contribution in [0.4, 0.5) is 0 Å². The topological polar surface area (TPSA) is 92.9 Å². The summed E-state index contributed by atoms with van der Waals surface area (Å²) in [4.78, 5) is 24.2. The van der Waals surface area contributed by atoms with Gasteiger partial charge in [-0.05, 0) is 19.4 Å². The van der Waals surface area contributed by atoms with E-state index in [4.69, 9.17) is 15.6 Å². The molecule has 18 heavy (non-hydrogen) atoms. The van der Waals surface area contributed by atoms with E-state index in [0.717, 1.165) is 19.3 Å². The third-order valence-corrected chi connectivity index (χ3v) is 2.99. The fraction of sp³-hybridized carbons (Fsp3) is 0.833. The fourth-order valence-corrected chi connectivity index (χ4v) is 2.02. The lowest BCUT2D eigenvalue weighted by atomic mass is 10.1. The Morgan fingerprint density at radius 2 is 2.11 bits per heavy atom. The highest BCUT2D eigenvalue weighted by atomic mass is 16.5. The zero-order valence-electron chi connectivity index (χ0n) is 10.6. The van der Waals surface area contributed by atoms with E-state index in [0.29, 0.717) is 32.7 Å². The van der Waals surface area contributed by atoms with E-state index in [1.807, 2.05) is 0 Å². The van der Waals surface area contributed by atoms with E-state index in [-0.39, 0.29) is 18.4 Å². The highest BCUT2D eigenvalue weighted by molar-refractivity contribution is 5.76. The summed E-state index contributed by atoms with van der Waals surface area (Å²) in [7, 11) is 0. The number of nitrogens with two attached hydrogens (primary N) is 1. The van der Waals surface area contributed by atoms with Crippen LogP contribution in [0.1, 0.15) is 32.1 Å². The number of morpholine rings is 1. The highest BCUT2D eigenvalue weighted by Crippen LogP contribution is 2.11. The second-order valence-electron chi connectivity index (χ2n) is 4.53. The molecule has 0 saturated carbocycles. The summed E-state index contributed by atoms with van der Waals surface area (Å²) in [6.07, 6.45) is 2.85. The monoisotopic (exact) mass is 258 g/mol. The number of nitrogens with zero attached hydrogens (tertiary/aromatic N) is 1.